The summed E-state index contributed by atoms with van der Waals surface area (Å²) in [6.45, 7) is 0.494. The Morgan fingerprint density at radius 1 is 1.05 bits per heavy atom. The second-order valence-electron chi connectivity index (χ2n) is 4.72. The highest BCUT2D eigenvalue weighted by Gasteiger charge is 2.04. The number of benzene rings is 2. The average Bonchev–Trinajstić information content (AvgIpc) is 2.53. The molecule has 0 aliphatic rings. The van der Waals surface area contributed by atoms with E-state index in [-0.39, 0.29) is 0 Å². The highest BCUT2D eigenvalue weighted by Crippen LogP contribution is 2.26. The third-order valence-electron chi connectivity index (χ3n) is 3.28. The van der Waals surface area contributed by atoms with Gasteiger partial charge in [-0.1, -0.05) is 12.1 Å². The summed E-state index contributed by atoms with van der Waals surface area (Å²) in [6.07, 6.45) is 1.73. The molecule has 3 aromatic rings. The highest BCUT2D eigenvalue weighted by atomic mass is 16.5. The van der Waals surface area contributed by atoms with Gasteiger partial charge in [-0.25, -0.2) is 0 Å². The Labute approximate surface area is 123 Å². The molecule has 0 atom stereocenters. The monoisotopic (exact) mass is 280 g/mol. The summed E-state index contributed by atoms with van der Waals surface area (Å²) in [4.78, 5) is 4.30. The first kappa shape index (κ1) is 13.2. The Kier molecular flexibility index (Phi) is 3.60. The molecule has 0 unspecified atom stereocenters. The third kappa shape index (κ3) is 2.89. The van der Waals surface area contributed by atoms with Crippen LogP contribution in [-0.4, -0.2) is 12.1 Å². The zero-order chi connectivity index (χ0) is 14.7. The summed E-state index contributed by atoms with van der Waals surface area (Å²) in [5.74, 6) is 1.64. The lowest BCUT2D eigenvalue weighted by atomic mass is 10.2. The van der Waals surface area contributed by atoms with Crippen molar-refractivity contribution in [1.82, 2.24) is 4.98 Å². The molecule has 1 aromatic heterocycles. The number of hydrogen-bond acceptors (Lipinski definition) is 4. The van der Waals surface area contributed by atoms with Crippen LogP contribution in [0.3, 0.4) is 0 Å². The van der Waals surface area contributed by atoms with Crippen LogP contribution in [0.5, 0.6) is 11.5 Å². The fraction of sp³-hybridized carbons (Fsp3) is 0.118. The minimum Gasteiger partial charge on any atom is -0.497 e. The minimum absolute atomic E-state index is 0.494. The summed E-state index contributed by atoms with van der Waals surface area (Å²) >= 11 is 0. The van der Waals surface area contributed by atoms with Crippen molar-refractivity contribution >= 4 is 16.6 Å². The van der Waals surface area contributed by atoms with E-state index in [4.69, 9.17) is 15.2 Å². The molecule has 4 nitrogen and oxygen atoms in total. The van der Waals surface area contributed by atoms with Crippen LogP contribution in [0.4, 0.5) is 5.69 Å². The van der Waals surface area contributed by atoms with E-state index < -0.39 is 0 Å². The van der Waals surface area contributed by atoms with Gasteiger partial charge >= 0.3 is 0 Å². The van der Waals surface area contributed by atoms with Gasteiger partial charge in [0.25, 0.3) is 0 Å². The molecule has 0 saturated heterocycles. The number of rotatable bonds is 4. The van der Waals surface area contributed by atoms with E-state index in [9.17, 15) is 0 Å². The molecule has 0 aliphatic heterocycles. The molecule has 1 heterocycles. The van der Waals surface area contributed by atoms with Crippen LogP contribution in [0.25, 0.3) is 10.9 Å². The molecule has 3 rings (SSSR count). The van der Waals surface area contributed by atoms with Crippen molar-refractivity contribution in [2.45, 2.75) is 6.61 Å². The molecule has 2 aromatic carbocycles. The van der Waals surface area contributed by atoms with E-state index in [1.165, 1.54) is 0 Å². The van der Waals surface area contributed by atoms with Crippen molar-refractivity contribution in [2.75, 3.05) is 12.8 Å². The molecule has 0 aliphatic carbocycles. The van der Waals surface area contributed by atoms with E-state index in [1.807, 2.05) is 48.5 Å². The van der Waals surface area contributed by atoms with Gasteiger partial charge in [0.1, 0.15) is 18.1 Å². The number of fused-ring (bicyclic) bond motifs is 1. The molecule has 4 heteroatoms. The average molecular weight is 280 g/mol. The summed E-state index contributed by atoms with van der Waals surface area (Å²) in [5.41, 5.74) is 8.39. The van der Waals surface area contributed by atoms with Crippen LogP contribution in [0.2, 0.25) is 0 Å². The van der Waals surface area contributed by atoms with Gasteiger partial charge in [-0.2, -0.15) is 0 Å². The lowest BCUT2D eigenvalue weighted by Crippen LogP contribution is -1.97. The molecular formula is C17H16N2O2. The van der Waals surface area contributed by atoms with Gasteiger partial charge in [0.05, 0.1) is 12.6 Å². The molecule has 0 radical (unpaired) electrons. The zero-order valence-electron chi connectivity index (χ0n) is 11.7. The van der Waals surface area contributed by atoms with E-state index in [1.54, 1.807) is 13.3 Å². The molecule has 2 N–H and O–H groups in total. The maximum absolute atomic E-state index is 5.90. The van der Waals surface area contributed by atoms with E-state index in [0.29, 0.717) is 12.3 Å². The first-order chi connectivity index (χ1) is 10.3. The summed E-state index contributed by atoms with van der Waals surface area (Å²) in [5, 5.41) is 0.959. The number of nitrogen functional groups attached to an aromatic ring is 1. The van der Waals surface area contributed by atoms with Crippen LogP contribution in [0.1, 0.15) is 5.56 Å². The number of ether oxygens (including phenoxy) is 2. The third-order valence-corrected chi connectivity index (χ3v) is 3.28. The summed E-state index contributed by atoms with van der Waals surface area (Å²) in [6, 6.07) is 15.3. The van der Waals surface area contributed by atoms with Crippen LogP contribution < -0.4 is 15.2 Å². The van der Waals surface area contributed by atoms with Crippen molar-refractivity contribution in [3.05, 3.63) is 60.3 Å². The molecule has 0 bridgehead atoms. The second-order valence-corrected chi connectivity index (χ2v) is 4.72. The van der Waals surface area contributed by atoms with Crippen molar-refractivity contribution in [3.8, 4) is 11.5 Å². The van der Waals surface area contributed by atoms with E-state index >= 15 is 0 Å². The Morgan fingerprint density at radius 2 is 1.86 bits per heavy atom. The Morgan fingerprint density at radius 3 is 2.62 bits per heavy atom. The largest absolute Gasteiger partial charge is 0.497 e. The van der Waals surface area contributed by atoms with E-state index in [2.05, 4.69) is 4.98 Å². The number of hydrogen-bond donors (Lipinski definition) is 1. The molecular weight excluding hydrogens is 264 g/mol. The van der Waals surface area contributed by atoms with Crippen molar-refractivity contribution in [3.63, 3.8) is 0 Å². The van der Waals surface area contributed by atoms with Gasteiger partial charge in [-0.3, -0.25) is 4.98 Å². The van der Waals surface area contributed by atoms with E-state index in [0.717, 1.165) is 28.0 Å². The Hall–Kier alpha value is -2.75. The number of anilines is 1. The maximum Gasteiger partial charge on any atom is 0.130 e. The molecule has 106 valence electrons. The van der Waals surface area contributed by atoms with Gasteiger partial charge in [0.2, 0.25) is 0 Å². The predicted molar refractivity (Wildman–Crippen MR) is 83.5 cm³/mol. The van der Waals surface area contributed by atoms with Gasteiger partial charge in [0.15, 0.2) is 0 Å². The fourth-order valence-electron chi connectivity index (χ4n) is 2.15. The molecule has 0 amide bonds. The predicted octanol–water partition coefficient (Wildman–Crippen LogP) is 3.40. The Bertz CT molecular complexity index is 754. The van der Waals surface area contributed by atoms with Crippen LogP contribution in [-0.2, 0) is 6.61 Å². The topological polar surface area (TPSA) is 57.4 Å². The normalized spacial score (nSPS) is 10.5. The molecule has 0 spiro atoms. The lowest BCUT2D eigenvalue weighted by molar-refractivity contribution is 0.309. The zero-order valence-corrected chi connectivity index (χ0v) is 11.7. The summed E-state index contributed by atoms with van der Waals surface area (Å²) < 4.78 is 11.0. The Balaban J connectivity index is 1.81. The molecule has 21 heavy (non-hydrogen) atoms. The first-order valence-electron chi connectivity index (χ1n) is 6.66. The van der Waals surface area contributed by atoms with Gasteiger partial charge in [-0.15, -0.1) is 0 Å². The first-order valence-corrected chi connectivity index (χ1v) is 6.66. The fourth-order valence-corrected chi connectivity index (χ4v) is 2.15. The SMILES string of the molecule is COc1ccc(COc2ccnc3cc(N)ccc23)cc1. The summed E-state index contributed by atoms with van der Waals surface area (Å²) in [7, 11) is 1.65. The lowest BCUT2D eigenvalue weighted by Gasteiger charge is -2.10. The van der Waals surface area contributed by atoms with Gasteiger partial charge in [-0.05, 0) is 42.0 Å². The smallest absolute Gasteiger partial charge is 0.130 e. The van der Waals surface area contributed by atoms with Crippen molar-refractivity contribution in [1.29, 1.82) is 0 Å². The van der Waals surface area contributed by atoms with Crippen LogP contribution in [0.15, 0.2) is 54.7 Å². The standard InChI is InChI=1S/C17H16N2O2/c1-20-14-5-2-12(3-6-14)11-21-17-8-9-19-16-10-13(18)4-7-15(16)17/h2-10H,11,18H2,1H3. The maximum atomic E-state index is 5.90. The van der Waals surface area contributed by atoms with Crippen LogP contribution in [0, 0.1) is 0 Å². The molecule has 0 saturated carbocycles. The second kappa shape index (κ2) is 5.71. The number of methoxy groups -OCH3 is 1. The van der Waals surface area contributed by atoms with Gasteiger partial charge < -0.3 is 15.2 Å². The van der Waals surface area contributed by atoms with Crippen molar-refractivity contribution in [2.24, 2.45) is 0 Å². The van der Waals surface area contributed by atoms with Gasteiger partial charge in [0, 0.05) is 17.3 Å². The highest BCUT2D eigenvalue weighted by molar-refractivity contribution is 5.87. The van der Waals surface area contributed by atoms with Crippen molar-refractivity contribution < 1.29 is 9.47 Å². The minimum atomic E-state index is 0.494. The number of nitrogens with two attached hydrogens (primary N) is 1. The number of aromatic nitrogens is 1. The number of pyridine rings is 1. The molecule has 0 fully saturated rings. The number of nitrogens with zero attached hydrogens (tertiary/aromatic N) is 1. The quantitative estimate of drug-likeness (QED) is 0.744. The van der Waals surface area contributed by atoms with Crippen LogP contribution >= 0.6 is 0 Å².